The first-order chi connectivity index (χ1) is 17.7. The van der Waals surface area contributed by atoms with Crippen LogP contribution in [0, 0.1) is 0 Å². The van der Waals surface area contributed by atoms with E-state index in [9.17, 15) is 26.4 Å². The fraction of sp³-hybridized carbons (Fsp3) is 0.227. The minimum absolute atomic E-state index is 0.00707. The van der Waals surface area contributed by atoms with Crippen molar-refractivity contribution in [1.82, 2.24) is 9.62 Å². The van der Waals surface area contributed by atoms with Gasteiger partial charge in [-0.1, -0.05) is 48.0 Å². The SMILES string of the molecule is NC(=NCN1CC(N)C(NS(=O)(=O)c2cc3ccc(Cl)cc3s2)C1=O)c1ccccc1.O=C(O)C(F)(F)F. The van der Waals surface area contributed by atoms with Crippen molar-refractivity contribution in [2.75, 3.05) is 13.2 Å². The van der Waals surface area contributed by atoms with E-state index in [0.29, 0.717) is 5.02 Å². The number of halogens is 4. The topological polar surface area (TPSA) is 168 Å². The molecule has 2 heterocycles. The van der Waals surface area contributed by atoms with Gasteiger partial charge in [0.1, 0.15) is 22.8 Å². The number of rotatable bonds is 6. The Bertz CT molecular complexity index is 1470. The van der Waals surface area contributed by atoms with E-state index in [1.54, 1.807) is 24.3 Å². The zero-order chi connectivity index (χ0) is 28.3. The van der Waals surface area contributed by atoms with Crippen molar-refractivity contribution in [2.24, 2.45) is 16.5 Å². The van der Waals surface area contributed by atoms with E-state index in [1.165, 1.54) is 4.90 Å². The zero-order valence-electron chi connectivity index (χ0n) is 19.2. The Morgan fingerprint density at radius 3 is 2.45 bits per heavy atom. The van der Waals surface area contributed by atoms with Crippen LogP contribution in [0.3, 0.4) is 0 Å². The number of carboxylic acid groups (broad SMARTS) is 1. The Hall–Kier alpha value is -3.24. The summed E-state index contributed by atoms with van der Waals surface area (Å²) in [5.41, 5.74) is 12.8. The molecule has 0 aliphatic carbocycles. The van der Waals surface area contributed by atoms with E-state index in [1.807, 2.05) is 30.3 Å². The number of likely N-dealkylation sites (tertiary alicyclic amines) is 1. The van der Waals surface area contributed by atoms with Crippen molar-refractivity contribution in [3.63, 3.8) is 0 Å². The van der Waals surface area contributed by atoms with Crippen LogP contribution in [0.25, 0.3) is 10.1 Å². The maximum atomic E-state index is 12.9. The molecule has 0 bridgehead atoms. The smallest absolute Gasteiger partial charge is 0.475 e. The van der Waals surface area contributed by atoms with Gasteiger partial charge in [-0.2, -0.15) is 17.9 Å². The Morgan fingerprint density at radius 2 is 1.84 bits per heavy atom. The summed E-state index contributed by atoms with van der Waals surface area (Å²) in [7, 11) is -3.94. The molecule has 0 saturated carbocycles. The molecule has 6 N–H and O–H groups in total. The average molecular weight is 592 g/mol. The average Bonchev–Trinajstić information content (AvgIpc) is 3.39. The van der Waals surface area contributed by atoms with Gasteiger partial charge in [-0.3, -0.25) is 4.79 Å². The Labute approximate surface area is 223 Å². The number of nitrogens with zero attached hydrogens (tertiary/aromatic N) is 2. The van der Waals surface area contributed by atoms with Gasteiger partial charge >= 0.3 is 12.1 Å². The molecule has 16 heteroatoms. The number of amides is 1. The second-order valence-corrected chi connectivity index (χ2v) is 11.4. The lowest BCUT2D eigenvalue weighted by atomic mass is 10.2. The number of aliphatic imine (C=N–C) groups is 1. The number of alkyl halides is 3. The van der Waals surface area contributed by atoms with E-state index in [-0.39, 0.29) is 23.3 Å². The molecule has 1 fully saturated rings. The number of carboxylic acids is 1. The van der Waals surface area contributed by atoms with Crippen molar-refractivity contribution >= 4 is 60.8 Å². The molecular formula is C22H21ClF3N5O5S2. The first-order valence-electron chi connectivity index (χ1n) is 10.6. The van der Waals surface area contributed by atoms with Gasteiger partial charge in [-0.15, -0.1) is 11.3 Å². The molecule has 38 heavy (non-hydrogen) atoms. The maximum Gasteiger partial charge on any atom is 0.490 e. The second kappa shape index (κ2) is 11.7. The summed E-state index contributed by atoms with van der Waals surface area (Å²) in [5.74, 6) is -2.91. The third-order valence-electron chi connectivity index (χ3n) is 5.17. The van der Waals surface area contributed by atoms with Crippen LogP contribution in [0.2, 0.25) is 5.02 Å². The minimum atomic E-state index is -5.08. The molecule has 0 spiro atoms. The predicted octanol–water partition coefficient (Wildman–Crippen LogP) is 2.37. The molecule has 1 aromatic heterocycles. The minimum Gasteiger partial charge on any atom is -0.475 e. The van der Waals surface area contributed by atoms with Crippen molar-refractivity contribution in [1.29, 1.82) is 0 Å². The van der Waals surface area contributed by atoms with Crippen LogP contribution in [0.4, 0.5) is 13.2 Å². The number of thiophene rings is 1. The van der Waals surface area contributed by atoms with Crippen molar-refractivity contribution < 1.29 is 36.3 Å². The van der Waals surface area contributed by atoms with Gasteiger partial charge in [-0.05, 0) is 23.6 Å². The number of aliphatic carboxylic acids is 1. The quantitative estimate of drug-likeness (QED) is 0.252. The number of nitrogens with one attached hydrogen (secondary N) is 1. The lowest BCUT2D eigenvalue weighted by Gasteiger charge is -2.15. The fourth-order valence-electron chi connectivity index (χ4n) is 3.29. The summed E-state index contributed by atoms with van der Waals surface area (Å²) >= 11 is 7.06. The van der Waals surface area contributed by atoms with Crippen molar-refractivity contribution in [3.8, 4) is 0 Å². The normalized spacial score (nSPS) is 18.4. The molecule has 0 radical (unpaired) electrons. The van der Waals surface area contributed by atoms with E-state index in [2.05, 4.69) is 9.71 Å². The van der Waals surface area contributed by atoms with Crippen molar-refractivity contribution in [3.05, 3.63) is 65.2 Å². The second-order valence-electron chi connectivity index (χ2n) is 7.92. The number of carbonyl (C=O) groups excluding carboxylic acids is 1. The Kier molecular flexibility index (Phi) is 8.99. The third-order valence-corrected chi connectivity index (χ3v) is 8.42. The van der Waals surface area contributed by atoms with Gasteiger partial charge in [0, 0.05) is 27.9 Å². The molecular weight excluding hydrogens is 571 g/mol. The highest BCUT2D eigenvalue weighted by Crippen LogP contribution is 2.31. The Morgan fingerprint density at radius 1 is 1.21 bits per heavy atom. The number of hydrogen-bond donors (Lipinski definition) is 4. The molecule has 4 rings (SSSR count). The summed E-state index contributed by atoms with van der Waals surface area (Å²) in [6.07, 6.45) is -5.08. The molecule has 2 unspecified atom stereocenters. The highest BCUT2D eigenvalue weighted by atomic mass is 35.5. The van der Waals surface area contributed by atoms with Gasteiger partial charge < -0.3 is 21.5 Å². The summed E-state index contributed by atoms with van der Waals surface area (Å²) in [4.78, 5) is 27.3. The van der Waals surface area contributed by atoms with E-state index in [0.717, 1.165) is 27.0 Å². The maximum absolute atomic E-state index is 12.9. The standard InChI is InChI=1S/C20H20ClN5O3S2.C2HF3O2/c21-14-7-6-13-8-17(30-16(13)9-14)31(28,29)25-18-15(22)10-26(20(18)27)11-24-19(23)12-4-2-1-3-5-12;3-2(4,5)1(6)7/h1-9,15,18,25H,10-11,22H2,(H2,23,24);(H,6,7). The van der Waals surface area contributed by atoms with Gasteiger partial charge in [0.2, 0.25) is 5.91 Å². The molecule has 1 aliphatic heterocycles. The lowest BCUT2D eigenvalue weighted by molar-refractivity contribution is -0.192. The van der Waals surface area contributed by atoms with Crippen LogP contribution in [0.15, 0.2) is 63.8 Å². The summed E-state index contributed by atoms with van der Waals surface area (Å²) in [5, 5.41) is 8.40. The van der Waals surface area contributed by atoms with Crippen LogP contribution in [-0.4, -0.2) is 67.6 Å². The van der Waals surface area contributed by atoms with Crippen molar-refractivity contribution in [2.45, 2.75) is 22.5 Å². The van der Waals surface area contributed by atoms with Crippen LogP contribution in [-0.2, 0) is 19.6 Å². The third kappa shape index (κ3) is 7.20. The van der Waals surface area contributed by atoms with E-state index >= 15 is 0 Å². The predicted molar refractivity (Wildman–Crippen MR) is 136 cm³/mol. The number of fused-ring (bicyclic) bond motifs is 1. The molecule has 3 aromatic rings. The molecule has 204 valence electrons. The zero-order valence-corrected chi connectivity index (χ0v) is 21.6. The number of amidine groups is 1. The van der Waals surface area contributed by atoms with Gasteiger partial charge in [0.15, 0.2) is 0 Å². The summed E-state index contributed by atoms with van der Waals surface area (Å²) in [6.45, 7) is 0.159. The number of nitrogens with two attached hydrogens (primary N) is 2. The van der Waals surface area contributed by atoms with E-state index in [4.69, 9.17) is 33.0 Å². The van der Waals surface area contributed by atoms with Crippen LogP contribution < -0.4 is 16.2 Å². The summed E-state index contributed by atoms with van der Waals surface area (Å²) in [6, 6.07) is 14.1. The van der Waals surface area contributed by atoms with Crippen LogP contribution in [0.5, 0.6) is 0 Å². The number of benzene rings is 2. The molecule has 1 saturated heterocycles. The summed E-state index contributed by atoms with van der Waals surface area (Å²) < 4.78 is 60.8. The number of carbonyl (C=O) groups is 2. The van der Waals surface area contributed by atoms with Gasteiger partial charge in [0.25, 0.3) is 10.0 Å². The molecule has 2 atom stereocenters. The fourth-order valence-corrected chi connectivity index (χ4v) is 6.23. The highest BCUT2D eigenvalue weighted by Gasteiger charge is 2.41. The molecule has 1 amide bonds. The lowest BCUT2D eigenvalue weighted by Crippen LogP contribution is -2.48. The number of hydrogen-bond acceptors (Lipinski definition) is 7. The first kappa shape index (κ1) is 29.3. The Balaban J connectivity index is 0.000000505. The van der Waals surface area contributed by atoms with Gasteiger partial charge in [0.05, 0.1) is 0 Å². The van der Waals surface area contributed by atoms with Crippen LogP contribution in [0.1, 0.15) is 5.56 Å². The highest BCUT2D eigenvalue weighted by molar-refractivity contribution is 7.91. The monoisotopic (exact) mass is 591 g/mol. The van der Waals surface area contributed by atoms with Gasteiger partial charge in [-0.25, -0.2) is 18.2 Å². The largest absolute Gasteiger partial charge is 0.490 e. The van der Waals surface area contributed by atoms with Crippen LogP contribution >= 0.6 is 22.9 Å². The molecule has 1 aliphatic rings. The molecule has 2 aromatic carbocycles. The van der Waals surface area contributed by atoms with E-state index < -0.39 is 40.2 Å². The first-order valence-corrected chi connectivity index (χ1v) is 13.3. The number of sulfonamides is 1. The molecule has 10 nitrogen and oxygen atoms in total.